The molecule has 3 rings (SSSR count). The van der Waals surface area contributed by atoms with Gasteiger partial charge in [0.15, 0.2) is 5.88 Å². The topological polar surface area (TPSA) is 64.4 Å². The van der Waals surface area contributed by atoms with Crippen molar-refractivity contribution in [1.29, 1.82) is 0 Å². The Labute approximate surface area is 165 Å². The second kappa shape index (κ2) is 7.79. The van der Waals surface area contributed by atoms with Gasteiger partial charge in [-0.05, 0) is 40.7 Å². The van der Waals surface area contributed by atoms with Gasteiger partial charge in [0.2, 0.25) is 0 Å². The number of hydrogen-bond acceptors (Lipinski definition) is 6. The first-order valence-corrected chi connectivity index (χ1v) is 9.62. The van der Waals surface area contributed by atoms with Crippen LogP contribution in [0.15, 0.2) is 22.3 Å². The molecule has 2 saturated heterocycles. The largest absolute Gasteiger partial charge is 0.525 e. The van der Waals surface area contributed by atoms with Gasteiger partial charge < -0.3 is 28.3 Å². The summed E-state index contributed by atoms with van der Waals surface area (Å²) in [6.45, 7) is 12.0. The van der Waals surface area contributed by atoms with Crippen molar-refractivity contribution >= 4 is 25.2 Å². The van der Waals surface area contributed by atoms with Crippen LogP contribution in [0.1, 0.15) is 40.4 Å². The summed E-state index contributed by atoms with van der Waals surface area (Å²) in [5.74, 6) is 1.02. The third-order valence-corrected chi connectivity index (χ3v) is 5.49. The fraction of sp³-hybridized carbons (Fsp3) is 0.632. The van der Waals surface area contributed by atoms with Gasteiger partial charge in [-0.2, -0.15) is 0 Å². The van der Waals surface area contributed by atoms with Crippen molar-refractivity contribution < 1.29 is 27.6 Å². The average Bonchev–Trinajstić information content (AvgIpc) is 3.17. The molecule has 0 spiro atoms. The second-order valence-electron chi connectivity index (χ2n) is 7.97. The zero-order chi connectivity index (χ0) is 20.5. The SMILES string of the molecule is CCOC(=O)N1CCN(c2ccc(C=C(F)B3OC(C)(C)C(C)(C)O3)o2)CC1. The molecule has 154 valence electrons. The molecule has 1 aromatic heterocycles. The van der Waals surface area contributed by atoms with Gasteiger partial charge in [-0.15, -0.1) is 0 Å². The summed E-state index contributed by atoms with van der Waals surface area (Å²) in [6, 6.07) is 3.50. The number of amides is 1. The fourth-order valence-electron chi connectivity index (χ4n) is 3.07. The lowest BCUT2D eigenvalue weighted by molar-refractivity contribution is 0.00578. The van der Waals surface area contributed by atoms with Crippen molar-refractivity contribution in [2.24, 2.45) is 0 Å². The summed E-state index contributed by atoms with van der Waals surface area (Å²) in [5.41, 5.74) is -1.74. The first kappa shape index (κ1) is 20.7. The maximum atomic E-state index is 14.6. The van der Waals surface area contributed by atoms with E-state index in [-0.39, 0.29) is 6.09 Å². The van der Waals surface area contributed by atoms with Crippen molar-refractivity contribution in [2.45, 2.75) is 45.8 Å². The van der Waals surface area contributed by atoms with Gasteiger partial charge in [0.05, 0.1) is 17.8 Å². The summed E-state index contributed by atoms with van der Waals surface area (Å²) in [5, 5.41) is 0. The Hall–Kier alpha value is -2.00. The van der Waals surface area contributed by atoms with E-state index >= 15 is 0 Å². The molecular weight excluding hydrogens is 366 g/mol. The maximum absolute atomic E-state index is 14.6. The monoisotopic (exact) mass is 394 g/mol. The molecule has 2 aliphatic rings. The van der Waals surface area contributed by atoms with Crippen molar-refractivity contribution in [1.82, 2.24) is 4.90 Å². The molecule has 0 N–H and O–H groups in total. The zero-order valence-corrected chi connectivity index (χ0v) is 17.2. The quantitative estimate of drug-likeness (QED) is 0.729. The lowest BCUT2D eigenvalue weighted by Crippen LogP contribution is -2.48. The molecule has 0 atom stereocenters. The van der Waals surface area contributed by atoms with E-state index in [0.29, 0.717) is 44.4 Å². The third kappa shape index (κ3) is 4.20. The zero-order valence-electron chi connectivity index (χ0n) is 17.2. The molecule has 7 nitrogen and oxygen atoms in total. The fourth-order valence-corrected chi connectivity index (χ4v) is 3.07. The normalized spacial score (nSPS) is 21.9. The predicted molar refractivity (Wildman–Crippen MR) is 105 cm³/mol. The van der Waals surface area contributed by atoms with Crippen LogP contribution in [0.3, 0.4) is 0 Å². The van der Waals surface area contributed by atoms with Crippen LogP contribution in [0.4, 0.5) is 15.1 Å². The van der Waals surface area contributed by atoms with Crippen LogP contribution >= 0.6 is 0 Å². The van der Waals surface area contributed by atoms with Crippen LogP contribution in [0.25, 0.3) is 6.08 Å². The molecule has 0 aliphatic carbocycles. The molecule has 1 amide bonds. The Morgan fingerprint density at radius 2 is 1.79 bits per heavy atom. The minimum atomic E-state index is -1.05. The molecule has 1 aromatic rings. The second-order valence-corrected chi connectivity index (χ2v) is 7.97. The molecule has 9 heteroatoms. The van der Waals surface area contributed by atoms with Gasteiger partial charge in [0, 0.05) is 38.3 Å². The number of furan rings is 1. The Bertz CT molecular complexity index is 724. The first-order chi connectivity index (χ1) is 13.1. The van der Waals surface area contributed by atoms with Crippen LogP contribution in [-0.2, 0) is 14.0 Å². The van der Waals surface area contributed by atoms with E-state index in [2.05, 4.69) is 0 Å². The number of hydrogen-bond donors (Lipinski definition) is 0. The molecule has 0 aromatic carbocycles. The molecule has 0 saturated carbocycles. The minimum absolute atomic E-state index is 0.297. The van der Waals surface area contributed by atoms with Crippen LogP contribution in [-0.4, -0.2) is 62.1 Å². The molecule has 3 heterocycles. The number of nitrogens with zero attached hydrogens (tertiary/aromatic N) is 2. The van der Waals surface area contributed by atoms with E-state index in [1.807, 2.05) is 32.6 Å². The maximum Gasteiger partial charge on any atom is 0.525 e. The van der Waals surface area contributed by atoms with Crippen LogP contribution in [0.5, 0.6) is 0 Å². The number of rotatable bonds is 4. The van der Waals surface area contributed by atoms with E-state index in [4.69, 9.17) is 18.5 Å². The van der Waals surface area contributed by atoms with Crippen LogP contribution < -0.4 is 4.90 Å². The average molecular weight is 394 g/mol. The highest BCUT2D eigenvalue weighted by molar-refractivity contribution is 6.54. The molecular formula is C19H28BFN2O5. The van der Waals surface area contributed by atoms with Crippen LogP contribution in [0.2, 0.25) is 0 Å². The number of anilines is 1. The van der Waals surface area contributed by atoms with Crippen molar-refractivity contribution in [2.75, 3.05) is 37.7 Å². The smallest absolute Gasteiger partial charge is 0.450 e. The highest BCUT2D eigenvalue weighted by atomic mass is 19.1. The third-order valence-electron chi connectivity index (χ3n) is 5.49. The summed E-state index contributed by atoms with van der Waals surface area (Å²) in [7, 11) is -1.05. The number of carbonyl (C=O) groups is 1. The van der Waals surface area contributed by atoms with Gasteiger partial charge in [-0.3, -0.25) is 0 Å². The molecule has 2 aliphatic heterocycles. The van der Waals surface area contributed by atoms with E-state index in [9.17, 15) is 9.18 Å². The standard InChI is InChI=1S/C19H28BFN2O5/c1-6-25-17(24)23-11-9-22(10-12-23)16-8-7-14(26-16)13-15(21)20-27-18(2,3)19(4,5)28-20/h7-8,13H,6,9-12H2,1-5H3. The molecule has 0 unspecified atom stereocenters. The highest BCUT2D eigenvalue weighted by Crippen LogP contribution is 2.39. The number of halogens is 1. The summed E-state index contributed by atoms with van der Waals surface area (Å²) >= 11 is 0. The Morgan fingerprint density at radius 1 is 1.18 bits per heavy atom. The first-order valence-electron chi connectivity index (χ1n) is 9.62. The van der Waals surface area contributed by atoms with E-state index in [0.717, 1.165) is 0 Å². The van der Waals surface area contributed by atoms with Gasteiger partial charge in [-0.25, -0.2) is 9.18 Å². The summed E-state index contributed by atoms with van der Waals surface area (Å²) in [4.78, 5) is 15.5. The van der Waals surface area contributed by atoms with Gasteiger partial charge >= 0.3 is 13.2 Å². The lowest BCUT2D eigenvalue weighted by atomic mass is 9.87. The van der Waals surface area contributed by atoms with Crippen molar-refractivity contribution in [3.8, 4) is 0 Å². The number of piperazine rings is 1. The van der Waals surface area contributed by atoms with Crippen molar-refractivity contribution in [3.63, 3.8) is 0 Å². The van der Waals surface area contributed by atoms with Gasteiger partial charge in [0.25, 0.3) is 0 Å². The van der Waals surface area contributed by atoms with E-state index < -0.39 is 24.0 Å². The Balaban J connectivity index is 1.60. The number of carbonyl (C=O) groups excluding carboxylic acids is 1. The summed E-state index contributed by atoms with van der Waals surface area (Å²) in [6.07, 6.45) is 0.996. The van der Waals surface area contributed by atoms with Crippen LogP contribution in [0, 0.1) is 0 Å². The van der Waals surface area contributed by atoms with Gasteiger partial charge in [0.1, 0.15) is 11.5 Å². The predicted octanol–water partition coefficient (Wildman–Crippen LogP) is 3.50. The molecule has 0 radical (unpaired) electrons. The number of ether oxygens (including phenoxy) is 1. The van der Waals surface area contributed by atoms with Crippen molar-refractivity contribution in [3.05, 3.63) is 23.6 Å². The van der Waals surface area contributed by atoms with E-state index in [1.165, 1.54) is 6.08 Å². The minimum Gasteiger partial charge on any atom is -0.450 e. The molecule has 28 heavy (non-hydrogen) atoms. The Morgan fingerprint density at radius 3 is 2.36 bits per heavy atom. The van der Waals surface area contributed by atoms with E-state index in [1.54, 1.807) is 24.0 Å². The molecule has 2 fully saturated rings. The Kier molecular flexibility index (Phi) is 5.77. The lowest BCUT2D eigenvalue weighted by Gasteiger charge is -2.33. The van der Waals surface area contributed by atoms with Gasteiger partial charge in [-0.1, -0.05) is 0 Å². The summed E-state index contributed by atoms with van der Waals surface area (Å²) < 4.78 is 36.8. The molecule has 0 bridgehead atoms. The highest BCUT2D eigenvalue weighted by Gasteiger charge is 2.53.